The summed E-state index contributed by atoms with van der Waals surface area (Å²) in [6.07, 6.45) is 2.26. The highest BCUT2D eigenvalue weighted by atomic mass is 16.6. The van der Waals surface area contributed by atoms with Gasteiger partial charge in [-0.2, -0.15) is 0 Å². The number of anilines is 1. The Labute approximate surface area is 114 Å². The maximum Gasteiger partial charge on any atom is 0.273 e. The SMILES string of the molecule is O=c1cc(N2CCCC2)[nH]n1-c1ccc([N+](=O)[O-])cc1. The molecule has 0 radical (unpaired) electrons. The average molecular weight is 274 g/mol. The predicted molar refractivity (Wildman–Crippen MR) is 74.5 cm³/mol. The third-order valence-corrected chi connectivity index (χ3v) is 3.47. The van der Waals surface area contributed by atoms with E-state index in [-0.39, 0.29) is 11.2 Å². The van der Waals surface area contributed by atoms with Gasteiger partial charge >= 0.3 is 0 Å². The van der Waals surface area contributed by atoms with E-state index in [1.165, 1.54) is 16.8 Å². The van der Waals surface area contributed by atoms with Crippen LogP contribution in [0.5, 0.6) is 0 Å². The molecule has 0 saturated carbocycles. The number of rotatable bonds is 3. The highest BCUT2D eigenvalue weighted by molar-refractivity contribution is 5.44. The van der Waals surface area contributed by atoms with Gasteiger partial charge in [-0.3, -0.25) is 20.0 Å². The highest BCUT2D eigenvalue weighted by Crippen LogP contribution is 2.18. The van der Waals surface area contributed by atoms with Gasteiger partial charge in [-0.05, 0) is 25.0 Å². The topological polar surface area (TPSA) is 84.2 Å². The zero-order valence-electron chi connectivity index (χ0n) is 10.8. The molecule has 20 heavy (non-hydrogen) atoms. The minimum Gasteiger partial charge on any atom is -0.357 e. The van der Waals surface area contributed by atoms with Crippen molar-refractivity contribution in [3.05, 3.63) is 50.8 Å². The van der Waals surface area contributed by atoms with Crippen LogP contribution in [0.3, 0.4) is 0 Å². The number of hydrogen-bond donors (Lipinski definition) is 1. The molecule has 7 heteroatoms. The third kappa shape index (κ3) is 2.18. The molecule has 0 amide bonds. The van der Waals surface area contributed by atoms with Crippen molar-refractivity contribution in [2.45, 2.75) is 12.8 Å². The Balaban J connectivity index is 1.93. The maximum absolute atomic E-state index is 12.0. The molecule has 2 heterocycles. The van der Waals surface area contributed by atoms with Gasteiger partial charge in [-0.25, -0.2) is 4.68 Å². The minimum absolute atomic E-state index is 0.00752. The Bertz CT molecular complexity index is 680. The van der Waals surface area contributed by atoms with Crippen molar-refractivity contribution in [1.29, 1.82) is 0 Å². The molecular formula is C13H14N4O3. The Hall–Kier alpha value is -2.57. The predicted octanol–water partition coefficient (Wildman–Crippen LogP) is 1.67. The molecule has 1 fully saturated rings. The van der Waals surface area contributed by atoms with Crippen LogP contribution in [0.15, 0.2) is 35.1 Å². The van der Waals surface area contributed by atoms with Crippen LogP contribution in [-0.2, 0) is 0 Å². The molecule has 0 atom stereocenters. The average Bonchev–Trinajstić information content (AvgIpc) is 3.08. The Morgan fingerprint density at radius 2 is 1.80 bits per heavy atom. The summed E-state index contributed by atoms with van der Waals surface area (Å²) >= 11 is 0. The second-order valence-electron chi connectivity index (χ2n) is 4.78. The van der Waals surface area contributed by atoms with E-state index in [1.807, 2.05) is 0 Å². The summed E-state index contributed by atoms with van der Waals surface area (Å²) in [6.45, 7) is 1.89. The molecule has 1 aliphatic heterocycles. The van der Waals surface area contributed by atoms with Gasteiger partial charge in [0, 0.05) is 31.3 Å². The van der Waals surface area contributed by atoms with Gasteiger partial charge in [0.25, 0.3) is 11.2 Å². The van der Waals surface area contributed by atoms with Gasteiger partial charge in [0.15, 0.2) is 0 Å². The van der Waals surface area contributed by atoms with Crippen molar-refractivity contribution >= 4 is 11.5 Å². The van der Waals surface area contributed by atoms with Crippen LogP contribution < -0.4 is 10.5 Å². The summed E-state index contributed by atoms with van der Waals surface area (Å²) in [5, 5.41) is 13.7. The molecular weight excluding hydrogens is 260 g/mol. The quantitative estimate of drug-likeness (QED) is 0.681. The van der Waals surface area contributed by atoms with E-state index in [9.17, 15) is 14.9 Å². The van der Waals surface area contributed by atoms with Gasteiger partial charge in [0.05, 0.1) is 10.6 Å². The third-order valence-electron chi connectivity index (χ3n) is 3.47. The number of non-ortho nitro benzene ring substituents is 1. The van der Waals surface area contributed by atoms with E-state index in [0.29, 0.717) is 5.69 Å². The number of nitro benzene ring substituents is 1. The molecule has 7 nitrogen and oxygen atoms in total. The molecule has 0 spiro atoms. The standard InChI is InChI=1S/C13H14N4O3/c18-13-9-12(15-7-1-2-8-15)14-16(13)10-3-5-11(6-4-10)17(19)20/h3-6,9,14H,1-2,7-8H2. The molecule has 1 saturated heterocycles. The number of hydrogen-bond acceptors (Lipinski definition) is 4. The molecule has 1 aromatic heterocycles. The van der Waals surface area contributed by atoms with Crippen LogP contribution in [0.1, 0.15) is 12.8 Å². The molecule has 0 unspecified atom stereocenters. The number of nitro groups is 1. The summed E-state index contributed by atoms with van der Waals surface area (Å²) in [6, 6.07) is 7.45. The lowest BCUT2D eigenvalue weighted by atomic mass is 10.3. The molecule has 0 bridgehead atoms. The van der Waals surface area contributed by atoms with Crippen molar-refractivity contribution in [1.82, 2.24) is 9.78 Å². The summed E-state index contributed by atoms with van der Waals surface area (Å²) in [7, 11) is 0. The number of nitrogens with one attached hydrogen (secondary N) is 1. The maximum atomic E-state index is 12.0. The van der Waals surface area contributed by atoms with Crippen LogP contribution in [0.2, 0.25) is 0 Å². The van der Waals surface area contributed by atoms with E-state index in [1.54, 1.807) is 18.2 Å². The van der Waals surface area contributed by atoms with Gasteiger partial charge in [-0.1, -0.05) is 0 Å². The molecule has 1 N–H and O–H groups in total. The van der Waals surface area contributed by atoms with Gasteiger partial charge in [0.2, 0.25) is 0 Å². The van der Waals surface area contributed by atoms with Crippen molar-refractivity contribution in [3.63, 3.8) is 0 Å². The van der Waals surface area contributed by atoms with Gasteiger partial charge in [0.1, 0.15) is 5.82 Å². The first kappa shape index (κ1) is 12.5. The van der Waals surface area contributed by atoms with Crippen LogP contribution in [-0.4, -0.2) is 27.8 Å². The Morgan fingerprint density at radius 1 is 1.15 bits per heavy atom. The van der Waals surface area contributed by atoms with Crippen LogP contribution >= 0.6 is 0 Å². The molecule has 3 rings (SSSR count). The van der Waals surface area contributed by atoms with Crippen LogP contribution in [0.25, 0.3) is 5.69 Å². The summed E-state index contributed by atoms with van der Waals surface area (Å²) < 4.78 is 1.40. The lowest BCUT2D eigenvalue weighted by Crippen LogP contribution is -2.18. The lowest BCUT2D eigenvalue weighted by Gasteiger charge is -2.14. The number of aromatic nitrogens is 2. The van der Waals surface area contributed by atoms with E-state index < -0.39 is 4.92 Å². The van der Waals surface area contributed by atoms with Crippen LogP contribution in [0, 0.1) is 10.1 Å². The second kappa shape index (κ2) is 4.84. The number of aromatic amines is 1. The van der Waals surface area contributed by atoms with Crippen molar-refractivity contribution in [2.24, 2.45) is 0 Å². The number of nitrogens with zero attached hydrogens (tertiary/aromatic N) is 3. The van der Waals surface area contributed by atoms with E-state index in [4.69, 9.17) is 0 Å². The first-order chi connectivity index (χ1) is 9.65. The van der Waals surface area contributed by atoms with Crippen molar-refractivity contribution in [3.8, 4) is 5.69 Å². The first-order valence-electron chi connectivity index (χ1n) is 6.47. The zero-order valence-corrected chi connectivity index (χ0v) is 10.8. The zero-order chi connectivity index (χ0) is 14.1. The fourth-order valence-corrected chi connectivity index (χ4v) is 2.42. The first-order valence-corrected chi connectivity index (χ1v) is 6.47. The minimum atomic E-state index is -0.461. The molecule has 1 aromatic carbocycles. The molecule has 2 aromatic rings. The molecule has 104 valence electrons. The second-order valence-corrected chi connectivity index (χ2v) is 4.78. The van der Waals surface area contributed by atoms with Gasteiger partial charge in [-0.15, -0.1) is 0 Å². The lowest BCUT2D eigenvalue weighted by molar-refractivity contribution is -0.384. The van der Waals surface area contributed by atoms with Crippen LogP contribution in [0.4, 0.5) is 11.5 Å². The van der Waals surface area contributed by atoms with Crippen molar-refractivity contribution < 1.29 is 4.92 Å². The number of H-pyrrole nitrogens is 1. The van der Waals surface area contributed by atoms with Gasteiger partial charge < -0.3 is 4.90 Å². The summed E-state index contributed by atoms with van der Waals surface area (Å²) in [5.41, 5.74) is 0.430. The Morgan fingerprint density at radius 3 is 2.40 bits per heavy atom. The normalized spacial score (nSPS) is 14.7. The number of benzene rings is 1. The smallest absolute Gasteiger partial charge is 0.273 e. The fourth-order valence-electron chi connectivity index (χ4n) is 2.42. The molecule has 1 aliphatic rings. The molecule has 0 aliphatic carbocycles. The van der Waals surface area contributed by atoms with E-state index in [2.05, 4.69) is 10.00 Å². The van der Waals surface area contributed by atoms with E-state index >= 15 is 0 Å². The monoisotopic (exact) mass is 274 g/mol. The Kier molecular flexibility index (Phi) is 3.02. The summed E-state index contributed by atoms with van der Waals surface area (Å²) in [5.74, 6) is 0.797. The van der Waals surface area contributed by atoms with E-state index in [0.717, 1.165) is 31.7 Å². The fraction of sp³-hybridized carbons (Fsp3) is 0.308. The summed E-state index contributed by atoms with van der Waals surface area (Å²) in [4.78, 5) is 24.3. The van der Waals surface area contributed by atoms with Crippen molar-refractivity contribution in [2.75, 3.05) is 18.0 Å². The highest BCUT2D eigenvalue weighted by Gasteiger charge is 2.16. The largest absolute Gasteiger partial charge is 0.357 e.